The maximum Gasteiger partial charge on any atom is 0.165 e. The molecule has 1 saturated heterocycles. The number of hydrogen-bond donors (Lipinski definition) is 1. The minimum absolute atomic E-state index is 0.105. The highest BCUT2D eigenvalue weighted by Gasteiger charge is 2.61. The smallest absolute Gasteiger partial charge is 0.165 e. The molecule has 4 heteroatoms. The van der Waals surface area contributed by atoms with E-state index in [0.717, 1.165) is 24.9 Å². The Hall–Kier alpha value is -1.81. The van der Waals surface area contributed by atoms with Crippen molar-refractivity contribution in [1.82, 2.24) is 4.90 Å². The average molecular weight is 297 g/mol. The van der Waals surface area contributed by atoms with Gasteiger partial charge in [0, 0.05) is 22.9 Å². The molecule has 4 atom stereocenters. The summed E-state index contributed by atoms with van der Waals surface area (Å²) >= 11 is 0. The van der Waals surface area contributed by atoms with E-state index in [2.05, 4.69) is 18.0 Å². The van der Waals surface area contributed by atoms with Crippen LogP contribution in [0.15, 0.2) is 24.3 Å². The van der Waals surface area contributed by atoms with Crippen molar-refractivity contribution < 1.29 is 14.6 Å². The third-order valence-corrected chi connectivity index (χ3v) is 6.40. The minimum Gasteiger partial charge on any atom is -0.504 e. The first-order valence-electron chi connectivity index (χ1n) is 8.03. The molecule has 1 N–H and O–H groups in total. The third-order valence-electron chi connectivity index (χ3n) is 6.40. The lowest BCUT2D eigenvalue weighted by molar-refractivity contribution is -0.128. The normalized spacial score (nSPS) is 38.4. The molecule has 2 bridgehead atoms. The maximum absolute atomic E-state index is 12.5. The number of phenols is 1. The number of ether oxygens (including phenoxy) is 1. The Morgan fingerprint density at radius 2 is 2.27 bits per heavy atom. The molecule has 4 nitrogen and oxygen atoms in total. The molecule has 0 saturated carbocycles. The number of rotatable bonds is 0. The first-order valence-corrected chi connectivity index (χ1v) is 8.03. The summed E-state index contributed by atoms with van der Waals surface area (Å²) in [4.78, 5) is 15.0. The average Bonchev–Trinajstić information content (AvgIpc) is 2.52. The fraction of sp³-hybridized carbons (Fsp3) is 0.500. The van der Waals surface area contributed by atoms with E-state index < -0.39 is 0 Å². The van der Waals surface area contributed by atoms with E-state index in [-0.39, 0.29) is 22.9 Å². The predicted octanol–water partition coefficient (Wildman–Crippen LogP) is 1.65. The van der Waals surface area contributed by atoms with Crippen LogP contribution in [0.3, 0.4) is 0 Å². The number of likely N-dealkylation sites (tertiary alicyclic amines) is 1. The van der Waals surface area contributed by atoms with Gasteiger partial charge in [0.25, 0.3) is 0 Å². The molecule has 2 aliphatic heterocycles. The standard InChI is InChI=1S/C18H19NO3/c1-19-7-6-18-11-3-5-14(20)12(18)9-22-17-15(21)4-2-10(16(17)18)8-13(11)19/h2-5,11-13,21H,6-9H2,1H3/t11-,12-,13+,18+/m0/s1. The number of piperidine rings is 1. The second kappa shape index (κ2) is 3.93. The number of ketones is 1. The summed E-state index contributed by atoms with van der Waals surface area (Å²) in [5, 5.41) is 10.3. The lowest BCUT2D eigenvalue weighted by Crippen LogP contribution is -2.65. The van der Waals surface area contributed by atoms with Crippen LogP contribution in [-0.4, -0.2) is 42.0 Å². The fourth-order valence-corrected chi connectivity index (χ4v) is 5.40. The van der Waals surface area contributed by atoms with E-state index in [9.17, 15) is 9.90 Å². The molecule has 22 heavy (non-hydrogen) atoms. The quantitative estimate of drug-likeness (QED) is 0.791. The second-order valence-corrected chi connectivity index (χ2v) is 7.14. The minimum atomic E-state index is -0.178. The van der Waals surface area contributed by atoms with Crippen molar-refractivity contribution in [2.45, 2.75) is 24.3 Å². The van der Waals surface area contributed by atoms with E-state index in [1.807, 2.05) is 6.07 Å². The number of carbonyl (C=O) groups excluding carboxylic acids is 1. The number of aromatic hydroxyl groups is 1. The number of carbonyl (C=O) groups is 1. The van der Waals surface area contributed by atoms with Crippen molar-refractivity contribution in [3.05, 3.63) is 35.4 Å². The zero-order valence-corrected chi connectivity index (χ0v) is 12.6. The Kier molecular flexibility index (Phi) is 2.27. The molecule has 2 heterocycles. The summed E-state index contributed by atoms with van der Waals surface area (Å²) in [7, 11) is 2.18. The van der Waals surface area contributed by atoms with Crippen LogP contribution in [0.25, 0.3) is 0 Å². The topological polar surface area (TPSA) is 49.8 Å². The van der Waals surface area contributed by atoms with Crippen LogP contribution in [0.2, 0.25) is 0 Å². The molecule has 4 aliphatic rings. The molecule has 0 aromatic heterocycles. The van der Waals surface area contributed by atoms with Crippen molar-refractivity contribution in [3.63, 3.8) is 0 Å². The van der Waals surface area contributed by atoms with Gasteiger partial charge in [0.15, 0.2) is 17.3 Å². The number of benzene rings is 1. The molecule has 114 valence electrons. The van der Waals surface area contributed by atoms with Gasteiger partial charge in [-0.05, 0) is 44.1 Å². The summed E-state index contributed by atoms with van der Waals surface area (Å²) in [5.74, 6) is 1.26. The SMILES string of the molecule is CN1CC[C@]23c4c5ccc(O)c4OC[C@H]2C(=O)C=C[C@H]3[C@H]1C5. The summed E-state index contributed by atoms with van der Waals surface area (Å²) < 4.78 is 5.85. The highest BCUT2D eigenvalue weighted by Crippen LogP contribution is 2.60. The molecule has 0 radical (unpaired) electrons. The number of phenolic OH excluding ortho intramolecular Hbond substituents is 1. The van der Waals surface area contributed by atoms with Crippen LogP contribution in [-0.2, 0) is 16.6 Å². The molecule has 5 rings (SSSR count). The highest BCUT2D eigenvalue weighted by molar-refractivity contribution is 5.95. The van der Waals surface area contributed by atoms with Gasteiger partial charge in [-0.25, -0.2) is 0 Å². The van der Waals surface area contributed by atoms with Crippen LogP contribution in [0.1, 0.15) is 17.5 Å². The largest absolute Gasteiger partial charge is 0.504 e. The van der Waals surface area contributed by atoms with E-state index in [0.29, 0.717) is 24.3 Å². The van der Waals surface area contributed by atoms with E-state index >= 15 is 0 Å². The first kappa shape index (κ1) is 12.7. The van der Waals surface area contributed by atoms with Crippen molar-refractivity contribution in [1.29, 1.82) is 0 Å². The molecular formula is C18H19NO3. The monoisotopic (exact) mass is 297 g/mol. The van der Waals surface area contributed by atoms with E-state index in [1.165, 1.54) is 5.56 Å². The van der Waals surface area contributed by atoms with Gasteiger partial charge < -0.3 is 14.7 Å². The van der Waals surface area contributed by atoms with Gasteiger partial charge in [-0.1, -0.05) is 12.1 Å². The lowest BCUT2D eigenvalue weighted by Gasteiger charge is -2.60. The summed E-state index contributed by atoms with van der Waals surface area (Å²) in [5.41, 5.74) is 2.19. The van der Waals surface area contributed by atoms with Gasteiger partial charge in [0.1, 0.15) is 0 Å². The van der Waals surface area contributed by atoms with Crippen molar-refractivity contribution in [2.24, 2.45) is 11.8 Å². The van der Waals surface area contributed by atoms with Crippen LogP contribution < -0.4 is 4.74 Å². The first-order chi connectivity index (χ1) is 10.6. The van der Waals surface area contributed by atoms with Crippen molar-refractivity contribution >= 4 is 5.78 Å². The van der Waals surface area contributed by atoms with Crippen LogP contribution in [0.5, 0.6) is 11.5 Å². The molecule has 2 aliphatic carbocycles. The van der Waals surface area contributed by atoms with Crippen LogP contribution in [0.4, 0.5) is 0 Å². The van der Waals surface area contributed by atoms with E-state index in [1.54, 1.807) is 12.1 Å². The second-order valence-electron chi connectivity index (χ2n) is 7.14. The molecule has 1 aromatic rings. The Labute approximate surface area is 129 Å². The van der Waals surface area contributed by atoms with Crippen molar-refractivity contribution in [2.75, 3.05) is 20.2 Å². The van der Waals surface area contributed by atoms with E-state index in [4.69, 9.17) is 4.74 Å². The maximum atomic E-state index is 12.5. The molecule has 1 spiro atoms. The van der Waals surface area contributed by atoms with Crippen LogP contribution >= 0.6 is 0 Å². The van der Waals surface area contributed by atoms with Gasteiger partial charge in [0.2, 0.25) is 0 Å². The number of nitrogens with zero attached hydrogens (tertiary/aromatic N) is 1. The number of hydrogen-bond acceptors (Lipinski definition) is 4. The van der Waals surface area contributed by atoms with Gasteiger partial charge >= 0.3 is 0 Å². The van der Waals surface area contributed by atoms with Crippen molar-refractivity contribution in [3.8, 4) is 11.5 Å². The van der Waals surface area contributed by atoms with Gasteiger partial charge in [0.05, 0.1) is 12.5 Å². The van der Waals surface area contributed by atoms with Gasteiger partial charge in [-0.3, -0.25) is 4.79 Å². The lowest BCUT2D eigenvalue weighted by atomic mass is 9.49. The fourth-order valence-electron chi connectivity index (χ4n) is 5.40. The molecule has 1 fully saturated rings. The zero-order chi connectivity index (χ0) is 15.1. The molecule has 0 unspecified atom stereocenters. The van der Waals surface area contributed by atoms with Crippen LogP contribution in [0, 0.1) is 11.8 Å². The van der Waals surface area contributed by atoms with Gasteiger partial charge in [-0.2, -0.15) is 0 Å². The third kappa shape index (κ3) is 1.26. The summed E-state index contributed by atoms with van der Waals surface area (Å²) in [6, 6.07) is 4.19. The Balaban J connectivity index is 1.86. The number of likely N-dealkylation sites (N-methyl/N-ethyl adjacent to an activating group) is 1. The Bertz CT molecular complexity index is 725. The summed E-state index contributed by atoms with van der Waals surface area (Å²) in [6.07, 6.45) is 5.81. The predicted molar refractivity (Wildman–Crippen MR) is 81.1 cm³/mol. The molecule has 1 aromatic carbocycles. The Morgan fingerprint density at radius 3 is 3.14 bits per heavy atom. The highest BCUT2D eigenvalue weighted by atomic mass is 16.5. The summed E-state index contributed by atoms with van der Waals surface area (Å²) in [6.45, 7) is 1.38. The zero-order valence-electron chi connectivity index (χ0n) is 12.6. The Morgan fingerprint density at radius 1 is 1.41 bits per heavy atom. The molecular weight excluding hydrogens is 278 g/mol. The molecule has 0 amide bonds. The van der Waals surface area contributed by atoms with Gasteiger partial charge in [-0.15, -0.1) is 0 Å². The number of allylic oxidation sites excluding steroid dienone is 1.